The summed E-state index contributed by atoms with van der Waals surface area (Å²) in [6.07, 6.45) is 1.21. The van der Waals surface area contributed by atoms with Crippen molar-refractivity contribution in [3.8, 4) is 0 Å². The molecule has 2 rings (SSSR count). The predicted octanol–water partition coefficient (Wildman–Crippen LogP) is 2.04. The number of carboxylic acids is 1. The van der Waals surface area contributed by atoms with Crippen molar-refractivity contribution in [1.82, 2.24) is 4.90 Å². The van der Waals surface area contributed by atoms with Crippen molar-refractivity contribution in [3.63, 3.8) is 0 Å². The van der Waals surface area contributed by atoms with E-state index in [9.17, 15) is 9.59 Å². The second-order valence-corrected chi connectivity index (χ2v) is 4.84. The van der Waals surface area contributed by atoms with Crippen LogP contribution in [0.2, 0.25) is 0 Å². The molecular formula is C11H12BrNO4. The van der Waals surface area contributed by atoms with Gasteiger partial charge in [0.2, 0.25) is 0 Å². The van der Waals surface area contributed by atoms with E-state index in [0.29, 0.717) is 29.6 Å². The molecule has 0 saturated carbocycles. The van der Waals surface area contributed by atoms with Crippen LogP contribution in [0.5, 0.6) is 0 Å². The van der Waals surface area contributed by atoms with Crippen LogP contribution in [0, 0.1) is 6.92 Å². The quantitative estimate of drug-likeness (QED) is 0.907. The van der Waals surface area contributed by atoms with E-state index in [1.54, 1.807) is 13.0 Å². The predicted molar refractivity (Wildman–Crippen MR) is 62.8 cm³/mol. The Morgan fingerprint density at radius 1 is 1.59 bits per heavy atom. The van der Waals surface area contributed by atoms with Gasteiger partial charge in [-0.05, 0) is 41.8 Å². The van der Waals surface area contributed by atoms with Crippen molar-refractivity contribution in [2.24, 2.45) is 0 Å². The molecule has 1 aliphatic rings. The monoisotopic (exact) mass is 301 g/mol. The summed E-state index contributed by atoms with van der Waals surface area (Å²) >= 11 is 3.15. The van der Waals surface area contributed by atoms with Gasteiger partial charge >= 0.3 is 5.97 Å². The highest BCUT2D eigenvalue weighted by Gasteiger charge is 2.36. The smallest absolute Gasteiger partial charge is 0.326 e. The minimum Gasteiger partial charge on any atom is -0.480 e. The van der Waals surface area contributed by atoms with Crippen LogP contribution in [-0.4, -0.2) is 34.5 Å². The third-order valence-electron chi connectivity index (χ3n) is 2.88. The van der Waals surface area contributed by atoms with Crippen LogP contribution in [0.3, 0.4) is 0 Å². The summed E-state index contributed by atoms with van der Waals surface area (Å²) in [7, 11) is 0. The first-order valence-corrected chi connectivity index (χ1v) is 6.09. The molecule has 6 heteroatoms. The van der Waals surface area contributed by atoms with Crippen molar-refractivity contribution < 1.29 is 19.1 Å². The maximum atomic E-state index is 12.1. The number of rotatable bonds is 2. The largest absolute Gasteiger partial charge is 0.480 e. The van der Waals surface area contributed by atoms with Gasteiger partial charge in [-0.1, -0.05) is 0 Å². The molecule has 2 heterocycles. The van der Waals surface area contributed by atoms with Gasteiger partial charge < -0.3 is 14.4 Å². The number of halogens is 1. The third-order valence-corrected chi connectivity index (χ3v) is 3.27. The number of carbonyl (C=O) groups is 2. The molecule has 5 nitrogen and oxygen atoms in total. The molecule has 1 fully saturated rings. The molecule has 17 heavy (non-hydrogen) atoms. The molecule has 1 aromatic rings. The molecule has 0 bridgehead atoms. The Balaban J connectivity index is 2.25. The SMILES string of the molecule is Cc1cc(Br)oc1C(=O)N1CCC[C@@H]1C(=O)O. The van der Waals surface area contributed by atoms with Gasteiger partial charge in [-0.25, -0.2) is 4.79 Å². The molecule has 1 atom stereocenters. The Morgan fingerprint density at radius 2 is 2.29 bits per heavy atom. The number of nitrogens with zero attached hydrogens (tertiary/aromatic N) is 1. The zero-order valence-electron chi connectivity index (χ0n) is 9.27. The third kappa shape index (κ3) is 2.22. The van der Waals surface area contributed by atoms with Crippen molar-refractivity contribution in [2.75, 3.05) is 6.54 Å². The first-order valence-electron chi connectivity index (χ1n) is 5.30. The first kappa shape index (κ1) is 12.2. The molecule has 0 aromatic carbocycles. The summed E-state index contributed by atoms with van der Waals surface area (Å²) in [6, 6.07) is 0.963. The molecule has 0 radical (unpaired) electrons. The van der Waals surface area contributed by atoms with E-state index in [0.717, 1.165) is 0 Å². The maximum Gasteiger partial charge on any atom is 0.326 e. The van der Waals surface area contributed by atoms with Crippen molar-refractivity contribution in [2.45, 2.75) is 25.8 Å². The van der Waals surface area contributed by atoms with Gasteiger partial charge in [0.25, 0.3) is 5.91 Å². The van der Waals surface area contributed by atoms with E-state index in [-0.39, 0.29) is 11.7 Å². The molecule has 1 saturated heterocycles. The molecule has 0 unspecified atom stereocenters. The fourth-order valence-electron chi connectivity index (χ4n) is 2.05. The minimum absolute atomic E-state index is 0.213. The van der Waals surface area contributed by atoms with Crippen LogP contribution in [0.1, 0.15) is 29.0 Å². The maximum absolute atomic E-state index is 12.1. The number of likely N-dealkylation sites (tertiary alicyclic amines) is 1. The molecule has 0 spiro atoms. The standard InChI is InChI=1S/C11H12BrNO4/c1-6-5-8(12)17-9(6)10(14)13-4-2-3-7(13)11(15)16/h5,7H,2-4H2,1H3,(H,15,16)/t7-/m1/s1. The number of carboxylic acid groups (broad SMARTS) is 1. The van der Waals surface area contributed by atoms with Gasteiger partial charge in [0.1, 0.15) is 6.04 Å². The van der Waals surface area contributed by atoms with E-state index in [2.05, 4.69) is 15.9 Å². The lowest BCUT2D eigenvalue weighted by Gasteiger charge is -2.20. The van der Waals surface area contributed by atoms with Gasteiger partial charge in [-0.15, -0.1) is 0 Å². The van der Waals surface area contributed by atoms with Crippen LogP contribution in [0.4, 0.5) is 0 Å². The summed E-state index contributed by atoms with van der Waals surface area (Å²) in [5.41, 5.74) is 0.706. The first-order chi connectivity index (χ1) is 8.00. The number of aliphatic carboxylic acids is 1. The highest BCUT2D eigenvalue weighted by molar-refractivity contribution is 9.10. The Bertz CT molecular complexity index is 468. The van der Waals surface area contributed by atoms with Crippen LogP contribution in [0.25, 0.3) is 0 Å². The Kier molecular flexibility index (Phi) is 3.24. The highest BCUT2D eigenvalue weighted by Crippen LogP contribution is 2.25. The Labute approximate surface area is 107 Å². The van der Waals surface area contributed by atoms with Crippen LogP contribution >= 0.6 is 15.9 Å². The summed E-state index contributed by atoms with van der Waals surface area (Å²) < 4.78 is 5.73. The average Bonchev–Trinajstić information content (AvgIpc) is 2.83. The molecule has 0 aliphatic carbocycles. The summed E-state index contributed by atoms with van der Waals surface area (Å²) in [5.74, 6) is -1.10. The molecule has 1 aliphatic heterocycles. The Hall–Kier alpha value is -1.30. The zero-order chi connectivity index (χ0) is 12.6. The topological polar surface area (TPSA) is 70.8 Å². The van der Waals surface area contributed by atoms with Crippen molar-refractivity contribution in [3.05, 3.63) is 22.1 Å². The lowest BCUT2D eigenvalue weighted by atomic mass is 10.2. The van der Waals surface area contributed by atoms with Crippen LogP contribution in [0.15, 0.2) is 15.2 Å². The van der Waals surface area contributed by atoms with Crippen LogP contribution < -0.4 is 0 Å². The van der Waals surface area contributed by atoms with Gasteiger partial charge in [0.05, 0.1) is 0 Å². The number of carbonyl (C=O) groups excluding carboxylic acids is 1. The average molecular weight is 302 g/mol. The van der Waals surface area contributed by atoms with Crippen molar-refractivity contribution >= 4 is 27.8 Å². The number of aryl methyl sites for hydroxylation is 1. The van der Waals surface area contributed by atoms with Gasteiger partial charge in [0.15, 0.2) is 10.4 Å². The van der Waals surface area contributed by atoms with Crippen molar-refractivity contribution in [1.29, 1.82) is 0 Å². The highest BCUT2D eigenvalue weighted by atomic mass is 79.9. The van der Waals surface area contributed by atoms with Gasteiger partial charge in [0, 0.05) is 12.1 Å². The summed E-state index contributed by atoms with van der Waals surface area (Å²) in [4.78, 5) is 24.5. The van der Waals surface area contributed by atoms with E-state index < -0.39 is 12.0 Å². The molecule has 1 amide bonds. The number of hydrogen-bond donors (Lipinski definition) is 1. The van der Waals surface area contributed by atoms with Gasteiger partial charge in [-0.3, -0.25) is 4.79 Å². The fourth-order valence-corrected chi connectivity index (χ4v) is 2.56. The molecule has 92 valence electrons. The number of furan rings is 1. The Morgan fingerprint density at radius 3 is 2.82 bits per heavy atom. The van der Waals surface area contributed by atoms with E-state index in [1.807, 2.05) is 0 Å². The number of amides is 1. The van der Waals surface area contributed by atoms with E-state index in [4.69, 9.17) is 9.52 Å². The zero-order valence-corrected chi connectivity index (χ0v) is 10.9. The lowest BCUT2D eigenvalue weighted by Crippen LogP contribution is -2.40. The molecule has 1 aromatic heterocycles. The normalized spacial score (nSPS) is 19.6. The van der Waals surface area contributed by atoms with Crippen LogP contribution in [-0.2, 0) is 4.79 Å². The lowest BCUT2D eigenvalue weighted by molar-refractivity contribution is -0.141. The summed E-state index contributed by atoms with van der Waals surface area (Å²) in [5, 5.41) is 9.02. The fraction of sp³-hybridized carbons (Fsp3) is 0.455. The second kappa shape index (κ2) is 4.52. The second-order valence-electron chi connectivity index (χ2n) is 4.06. The minimum atomic E-state index is -0.959. The summed E-state index contributed by atoms with van der Waals surface area (Å²) in [6.45, 7) is 2.22. The van der Waals surface area contributed by atoms with E-state index >= 15 is 0 Å². The molecule has 1 N–H and O–H groups in total. The molecular weight excluding hydrogens is 290 g/mol. The van der Waals surface area contributed by atoms with E-state index in [1.165, 1.54) is 4.90 Å². The number of hydrogen-bond acceptors (Lipinski definition) is 3. The van der Waals surface area contributed by atoms with Gasteiger partial charge in [-0.2, -0.15) is 0 Å².